The molecular weight excluding hydrogens is 721 g/mol. The summed E-state index contributed by atoms with van der Waals surface area (Å²) in [4.78, 5) is 16.0. The third-order valence-corrected chi connectivity index (χ3v) is 10.5. The molecule has 1 aliphatic carbocycles. The van der Waals surface area contributed by atoms with Crippen LogP contribution in [-0.4, -0.2) is 15.0 Å². The van der Waals surface area contributed by atoms with E-state index in [0.29, 0.717) is 22.6 Å². The van der Waals surface area contributed by atoms with Crippen molar-refractivity contribution in [2.45, 2.75) is 19.3 Å². The smallest absolute Gasteiger partial charge is 0.164 e. The summed E-state index contributed by atoms with van der Waals surface area (Å²) in [5.74, 6) is 0.102. The lowest BCUT2D eigenvalue weighted by atomic mass is 9.82. The molecule has 10 rings (SSSR count). The van der Waals surface area contributed by atoms with E-state index in [4.69, 9.17) is 18.4 Å². The lowest BCUT2D eigenvalue weighted by molar-refractivity contribution is 0.483. The zero-order valence-corrected chi connectivity index (χ0v) is 32.1. The highest BCUT2D eigenvalue weighted by atomic mass is 16.5. The number of hydrogen-bond donors (Lipinski definition) is 0. The third-order valence-electron chi connectivity index (χ3n) is 10.5. The van der Waals surface area contributed by atoms with Crippen molar-refractivity contribution in [2.75, 3.05) is 4.90 Å². The van der Waals surface area contributed by atoms with E-state index in [9.17, 15) is 0 Å². The van der Waals surface area contributed by atoms with Gasteiger partial charge in [0.1, 0.15) is 11.5 Å². The summed E-state index contributed by atoms with van der Waals surface area (Å²) < 4.78 is 91.6. The Morgan fingerprint density at radius 1 is 0.424 bits per heavy atom. The van der Waals surface area contributed by atoms with E-state index >= 15 is 0 Å². The second-order valence-electron chi connectivity index (χ2n) is 14.6. The largest absolute Gasteiger partial charge is 0.457 e. The van der Waals surface area contributed by atoms with Gasteiger partial charge in [-0.1, -0.05) is 153 Å². The minimum Gasteiger partial charge on any atom is -0.457 e. The van der Waals surface area contributed by atoms with Crippen LogP contribution in [0.2, 0.25) is 0 Å². The van der Waals surface area contributed by atoms with Crippen LogP contribution in [0, 0.1) is 0 Å². The summed E-state index contributed by atoms with van der Waals surface area (Å²) in [6.45, 7) is 4.52. The first-order chi connectivity index (χ1) is 33.1. The fourth-order valence-electron chi connectivity index (χ4n) is 7.69. The zero-order valence-electron chi connectivity index (χ0n) is 42.1. The van der Waals surface area contributed by atoms with Gasteiger partial charge in [0.25, 0.3) is 0 Å². The van der Waals surface area contributed by atoms with Gasteiger partial charge in [0.15, 0.2) is 17.5 Å². The molecule has 0 N–H and O–H groups in total. The highest BCUT2D eigenvalue weighted by Crippen LogP contribution is 2.50. The molecule has 0 unspecified atom stereocenters. The molecule has 0 amide bonds. The minimum atomic E-state index is -0.627. The number of rotatable bonds is 9. The number of ether oxygens (including phenoxy) is 1. The quantitative estimate of drug-likeness (QED) is 0.146. The van der Waals surface area contributed by atoms with Crippen LogP contribution in [0.5, 0.6) is 11.5 Å². The molecule has 0 saturated heterocycles. The molecule has 9 aromatic rings. The Kier molecular flexibility index (Phi) is 6.71. The maximum Gasteiger partial charge on any atom is 0.164 e. The van der Waals surface area contributed by atoms with Crippen LogP contribution < -0.4 is 9.64 Å². The summed E-state index contributed by atoms with van der Waals surface area (Å²) in [5, 5.41) is 0. The molecule has 0 spiro atoms. The highest BCUT2D eigenvalue weighted by molar-refractivity contribution is 5.86. The van der Waals surface area contributed by atoms with Crippen molar-refractivity contribution >= 4 is 17.1 Å². The summed E-state index contributed by atoms with van der Waals surface area (Å²) in [5.41, 5.74) is 8.72. The molecule has 1 aromatic heterocycles. The number of fused-ring (bicyclic) bond motifs is 3. The van der Waals surface area contributed by atoms with Crippen LogP contribution in [0.1, 0.15) is 38.7 Å². The molecule has 5 nitrogen and oxygen atoms in total. The molecule has 0 radical (unpaired) electrons. The fourth-order valence-corrected chi connectivity index (χ4v) is 7.69. The van der Waals surface area contributed by atoms with Gasteiger partial charge in [-0.15, -0.1) is 0 Å². The first-order valence-electron chi connectivity index (χ1n) is 24.1. The molecule has 59 heavy (non-hydrogen) atoms. The van der Waals surface area contributed by atoms with E-state index in [2.05, 4.69) is 88.3 Å². The van der Waals surface area contributed by atoms with Gasteiger partial charge in [-0.2, -0.15) is 0 Å². The Balaban J connectivity index is 1.14. The molecule has 0 fully saturated rings. The maximum absolute atomic E-state index is 8.79. The van der Waals surface area contributed by atoms with Gasteiger partial charge in [0.05, 0.1) is 13.7 Å². The number of hydrogen-bond acceptors (Lipinski definition) is 5. The van der Waals surface area contributed by atoms with Crippen molar-refractivity contribution in [3.63, 3.8) is 0 Å². The zero-order chi connectivity index (χ0) is 48.5. The van der Waals surface area contributed by atoms with Crippen molar-refractivity contribution < 1.29 is 18.4 Å². The molecule has 0 atom stereocenters. The topological polar surface area (TPSA) is 51.1 Å². The third kappa shape index (κ3) is 6.93. The van der Waals surface area contributed by atoms with Crippen LogP contribution in [0.15, 0.2) is 206 Å². The Morgan fingerprint density at radius 2 is 0.949 bits per heavy atom. The molecule has 0 bridgehead atoms. The molecule has 8 aromatic carbocycles. The average Bonchev–Trinajstić information content (AvgIpc) is 3.59. The van der Waals surface area contributed by atoms with Crippen molar-refractivity contribution in [2.24, 2.45) is 0 Å². The molecule has 0 saturated carbocycles. The van der Waals surface area contributed by atoms with Crippen molar-refractivity contribution in [3.05, 3.63) is 217 Å². The van der Waals surface area contributed by atoms with E-state index < -0.39 is 60.4 Å². The van der Waals surface area contributed by atoms with Gasteiger partial charge < -0.3 is 9.64 Å². The van der Waals surface area contributed by atoms with Crippen LogP contribution in [-0.2, 0) is 5.41 Å². The minimum absolute atomic E-state index is 0.0815. The standard InChI is InChI=1S/C54H40N4O/c1-54(2)49-26-16-15-25-47(49)48-32-31-44(36-50(48)54)58(42-21-11-5-12-22-42)43-29-27-37(28-30-43)40-33-41(35-46(34-40)59-45-23-13-6-14-24-45)53-56-51(38-17-7-3-8-18-38)55-52(57-53)39-19-9-4-10-20-39/h3-36H,1-2H3/i3D,4D,7D,8D,9D,10D,17D,18D,19D,20D. The Morgan fingerprint density at radius 3 is 1.61 bits per heavy atom. The number of para-hydroxylation sites is 2. The predicted octanol–water partition coefficient (Wildman–Crippen LogP) is 14.1. The lowest BCUT2D eigenvalue weighted by Gasteiger charge is -2.28. The lowest BCUT2D eigenvalue weighted by Crippen LogP contribution is -2.16. The molecule has 0 aliphatic heterocycles. The summed E-state index contributed by atoms with van der Waals surface area (Å²) in [6, 6.07) is 41.7. The second kappa shape index (κ2) is 15.0. The second-order valence-corrected chi connectivity index (χ2v) is 14.6. The first kappa shape index (κ1) is 26.3. The SMILES string of the molecule is [2H]c1c([2H])c([2H])c(-c2nc(-c3cc(Oc4ccccc4)cc(-c4ccc(N(c5ccccc5)c5ccc6c(c5)C(C)(C)c5ccccc5-6)cc4)c3)nc(-c3c([2H])c([2H])c([2H])c([2H])c3[2H])n2)c([2H])c1[2H]. The fraction of sp³-hybridized carbons (Fsp3) is 0.0556. The van der Waals surface area contributed by atoms with Crippen LogP contribution in [0.25, 0.3) is 56.4 Å². The summed E-state index contributed by atoms with van der Waals surface area (Å²) in [7, 11) is 0. The number of anilines is 3. The highest BCUT2D eigenvalue weighted by Gasteiger charge is 2.35. The Bertz CT molecular complexity index is 3370. The normalized spacial score (nSPS) is 14.7. The molecular formula is C54H40N4O. The van der Waals surface area contributed by atoms with Gasteiger partial charge >= 0.3 is 0 Å². The number of aromatic nitrogens is 3. The Labute approximate surface area is 359 Å². The van der Waals surface area contributed by atoms with E-state index in [1.165, 1.54) is 22.3 Å². The van der Waals surface area contributed by atoms with Crippen molar-refractivity contribution in [1.82, 2.24) is 15.0 Å². The van der Waals surface area contributed by atoms with E-state index in [-0.39, 0.29) is 34.0 Å². The van der Waals surface area contributed by atoms with Gasteiger partial charge in [-0.3, -0.25) is 0 Å². The van der Waals surface area contributed by atoms with Crippen LogP contribution >= 0.6 is 0 Å². The van der Waals surface area contributed by atoms with E-state index in [1.807, 2.05) is 66.7 Å². The van der Waals surface area contributed by atoms with E-state index in [1.54, 1.807) is 24.3 Å². The van der Waals surface area contributed by atoms with Crippen LogP contribution in [0.3, 0.4) is 0 Å². The van der Waals surface area contributed by atoms with Gasteiger partial charge in [-0.05, 0) is 100 Å². The maximum atomic E-state index is 8.79. The van der Waals surface area contributed by atoms with Crippen molar-refractivity contribution in [1.29, 1.82) is 0 Å². The average molecular weight is 771 g/mol. The van der Waals surface area contributed by atoms with Gasteiger partial charge in [0.2, 0.25) is 0 Å². The van der Waals surface area contributed by atoms with Gasteiger partial charge in [0, 0.05) is 39.2 Å². The summed E-state index contributed by atoms with van der Waals surface area (Å²) >= 11 is 0. The number of benzene rings is 8. The Hall–Kier alpha value is -7.63. The number of nitrogens with zero attached hydrogens (tertiary/aromatic N) is 4. The van der Waals surface area contributed by atoms with Crippen molar-refractivity contribution in [3.8, 4) is 67.9 Å². The molecule has 1 heterocycles. The van der Waals surface area contributed by atoms with Crippen LogP contribution in [0.4, 0.5) is 17.1 Å². The van der Waals surface area contributed by atoms with E-state index in [0.717, 1.165) is 22.6 Å². The summed E-state index contributed by atoms with van der Waals surface area (Å²) in [6.07, 6.45) is 0. The molecule has 5 heteroatoms. The first-order valence-corrected chi connectivity index (χ1v) is 19.1. The molecule has 282 valence electrons. The monoisotopic (exact) mass is 770 g/mol. The molecule has 1 aliphatic rings. The van der Waals surface area contributed by atoms with Gasteiger partial charge in [-0.25, -0.2) is 15.0 Å². The predicted molar refractivity (Wildman–Crippen MR) is 240 cm³/mol.